The number of hydrogen-bond donors (Lipinski definition) is 1. The highest BCUT2D eigenvalue weighted by atomic mass is 16.6. The number of benzene rings is 2. The van der Waals surface area contributed by atoms with Crippen LogP contribution in [0.4, 0.5) is 10.5 Å². The molecule has 2 heterocycles. The zero-order valence-corrected chi connectivity index (χ0v) is 18.8. The fourth-order valence-electron chi connectivity index (χ4n) is 4.33. The van der Waals surface area contributed by atoms with Crippen LogP contribution in [0.15, 0.2) is 42.5 Å². The van der Waals surface area contributed by atoms with E-state index in [2.05, 4.69) is 5.32 Å². The molecular formula is C25H27N3O5. The summed E-state index contributed by atoms with van der Waals surface area (Å²) in [6.07, 6.45) is 1.46. The van der Waals surface area contributed by atoms with Crippen LogP contribution < -0.4 is 5.32 Å². The summed E-state index contributed by atoms with van der Waals surface area (Å²) in [6, 6.07) is 11.9. The number of amides is 4. The summed E-state index contributed by atoms with van der Waals surface area (Å²) >= 11 is 0. The van der Waals surface area contributed by atoms with E-state index in [0.717, 1.165) is 12.0 Å². The maximum absolute atomic E-state index is 13.1. The smallest absolute Gasteiger partial charge is 0.409 e. The molecule has 4 rings (SSSR count). The average Bonchev–Trinajstić information content (AvgIpc) is 3.08. The fraction of sp³-hybridized carbons (Fsp3) is 0.360. The molecule has 1 fully saturated rings. The number of anilines is 1. The third-order valence-corrected chi connectivity index (χ3v) is 6.13. The second-order valence-corrected chi connectivity index (χ2v) is 8.17. The first-order chi connectivity index (χ1) is 15.9. The van der Waals surface area contributed by atoms with Crippen molar-refractivity contribution in [3.63, 3.8) is 0 Å². The van der Waals surface area contributed by atoms with Crippen LogP contribution in [0.25, 0.3) is 0 Å². The van der Waals surface area contributed by atoms with Gasteiger partial charge in [-0.1, -0.05) is 19.1 Å². The maximum atomic E-state index is 13.1. The Bertz CT molecular complexity index is 1100. The van der Waals surface area contributed by atoms with Gasteiger partial charge in [0.1, 0.15) is 0 Å². The van der Waals surface area contributed by atoms with E-state index in [1.165, 1.54) is 11.0 Å². The molecule has 0 unspecified atom stereocenters. The minimum Gasteiger partial charge on any atom is -0.450 e. The Morgan fingerprint density at radius 2 is 1.73 bits per heavy atom. The Hall–Kier alpha value is -3.68. The van der Waals surface area contributed by atoms with Gasteiger partial charge < -0.3 is 15.0 Å². The van der Waals surface area contributed by atoms with E-state index < -0.39 is 5.91 Å². The van der Waals surface area contributed by atoms with E-state index in [4.69, 9.17) is 4.74 Å². The van der Waals surface area contributed by atoms with Gasteiger partial charge in [-0.2, -0.15) is 0 Å². The van der Waals surface area contributed by atoms with E-state index >= 15 is 0 Å². The first-order valence-electron chi connectivity index (χ1n) is 11.3. The van der Waals surface area contributed by atoms with Crippen molar-refractivity contribution in [2.75, 3.05) is 25.0 Å². The van der Waals surface area contributed by atoms with Gasteiger partial charge in [0.15, 0.2) is 0 Å². The second kappa shape index (κ2) is 9.44. The van der Waals surface area contributed by atoms with Gasteiger partial charge in [-0.3, -0.25) is 19.3 Å². The Morgan fingerprint density at radius 3 is 2.42 bits per heavy atom. The molecule has 2 aliphatic rings. The third-order valence-electron chi connectivity index (χ3n) is 6.13. The van der Waals surface area contributed by atoms with E-state index in [0.29, 0.717) is 49.4 Å². The van der Waals surface area contributed by atoms with E-state index in [1.54, 1.807) is 24.0 Å². The summed E-state index contributed by atoms with van der Waals surface area (Å²) in [5.74, 6) is -1.09. The highest BCUT2D eigenvalue weighted by Gasteiger charge is 2.41. The summed E-state index contributed by atoms with van der Waals surface area (Å²) in [7, 11) is 0. The maximum Gasteiger partial charge on any atom is 0.409 e. The number of piperidine rings is 1. The highest BCUT2D eigenvalue weighted by Crippen LogP contribution is 2.30. The van der Waals surface area contributed by atoms with Crippen molar-refractivity contribution in [2.24, 2.45) is 0 Å². The van der Waals surface area contributed by atoms with E-state index in [9.17, 15) is 19.2 Å². The van der Waals surface area contributed by atoms with Gasteiger partial charge in [-0.25, -0.2) is 4.79 Å². The van der Waals surface area contributed by atoms with E-state index in [1.807, 2.05) is 31.2 Å². The first-order valence-corrected chi connectivity index (χ1v) is 11.3. The molecular weight excluding hydrogens is 422 g/mol. The zero-order valence-electron chi connectivity index (χ0n) is 18.8. The Balaban J connectivity index is 1.47. The molecule has 4 amide bonds. The molecule has 33 heavy (non-hydrogen) atoms. The van der Waals surface area contributed by atoms with Crippen LogP contribution in [0.5, 0.6) is 0 Å². The third kappa shape index (κ3) is 4.46. The molecule has 2 aliphatic heterocycles. The molecule has 8 heteroatoms. The molecule has 0 bridgehead atoms. The molecule has 172 valence electrons. The number of carbonyl (C=O) groups is 4. The van der Waals surface area contributed by atoms with Crippen LogP contribution in [0.2, 0.25) is 0 Å². The number of aryl methyl sites for hydroxylation is 1. The molecule has 0 atom stereocenters. The summed E-state index contributed by atoms with van der Waals surface area (Å²) in [5, 5.41) is 2.85. The van der Waals surface area contributed by atoms with Gasteiger partial charge in [0, 0.05) is 30.4 Å². The summed E-state index contributed by atoms with van der Waals surface area (Å²) in [4.78, 5) is 53.6. The number of rotatable bonds is 5. The molecule has 2 aromatic carbocycles. The van der Waals surface area contributed by atoms with Gasteiger partial charge >= 0.3 is 6.09 Å². The predicted molar refractivity (Wildman–Crippen MR) is 122 cm³/mol. The quantitative estimate of drug-likeness (QED) is 0.702. The average molecular weight is 450 g/mol. The van der Waals surface area contributed by atoms with Crippen LogP contribution in [0.3, 0.4) is 0 Å². The summed E-state index contributed by atoms with van der Waals surface area (Å²) in [5.41, 5.74) is 2.64. The second-order valence-electron chi connectivity index (χ2n) is 8.17. The molecule has 0 aromatic heterocycles. The number of fused-ring (bicyclic) bond motifs is 1. The molecule has 1 N–H and O–H groups in total. The Morgan fingerprint density at radius 1 is 1.00 bits per heavy atom. The predicted octanol–water partition coefficient (Wildman–Crippen LogP) is 3.72. The van der Waals surface area contributed by atoms with E-state index in [-0.39, 0.29) is 29.5 Å². The van der Waals surface area contributed by atoms with Crippen LogP contribution in [0, 0.1) is 0 Å². The Labute approximate surface area is 192 Å². The van der Waals surface area contributed by atoms with Gasteiger partial charge in [0.05, 0.1) is 17.7 Å². The number of ether oxygens (including phenoxy) is 1. The lowest BCUT2D eigenvalue weighted by atomic mass is 10.0. The fourth-order valence-corrected chi connectivity index (χ4v) is 4.33. The van der Waals surface area contributed by atoms with Crippen molar-refractivity contribution < 1.29 is 23.9 Å². The largest absolute Gasteiger partial charge is 0.450 e. The molecule has 1 saturated heterocycles. The number of carbonyl (C=O) groups excluding carboxylic acids is 4. The summed E-state index contributed by atoms with van der Waals surface area (Å²) < 4.78 is 5.03. The molecule has 8 nitrogen and oxygen atoms in total. The van der Waals surface area contributed by atoms with Crippen molar-refractivity contribution in [3.05, 3.63) is 64.7 Å². The van der Waals surface area contributed by atoms with Crippen molar-refractivity contribution in [3.8, 4) is 0 Å². The monoisotopic (exact) mass is 449 g/mol. The molecule has 0 saturated carbocycles. The first kappa shape index (κ1) is 22.5. The lowest BCUT2D eigenvalue weighted by Crippen LogP contribution is -2.48. The van der Waals surface area contributed by atoms with Gasteiger partial charge in [0.2, 0.25) is 0 Å². The van der Waals surface area contributed by atoms with Crippen LogP contribution in [0.1, 0.15) is 63.3 Å². The number of imide groups is 1. The van der Waals surface area contributed by atoms with Crippen molar-refractivity contribution in [2.45, 2.75) is 39.2 Å². The standard InChI is InChI=1S/C25H27N3O5/c1-3-16-6-5-7-18(14-16)26-22(29)17-8-9-20-21(15-17)24(31)28(23(20)30)19-10-12-27(13-11-19)25(32)33-4-2/h5-9,14-15,19H,3-4,10-13H2,1-2H3,(H,26,29). The summed E-state index contributed by atoms with van der Waals surface area (Å²) in [6.45, 7) is 4.93. The highest BCUT2D eigenvalue weighted by molar-refractivity contribution is 6.22. The number of nitrogens with one attached hydrogen (secondary N) is 1. The van der Waals surface area contributed by atoms with Crippen molar-refractivity contribution in [1.29, 1.82) is 0 Å². The molecule has 2 aromatic rings. The molecule has 0 radical (unpaired) electrons. The lowest BCUT2D eigenvalue weighted by Gasteiger charge is -2.35. The van der Waals surface area contributed by atoms with Crippen LogP contribution in [-0.2, 0) is 11.2 Å². The van der Waals surface area contributed by atoms with Gasteiger partial charge in [0.25, 0.3) is 17.7 Å². The van der Waals surface area contributed by atoms with Crippen molar-refractivity contribution in [1.82, 2.24) is 9.80 Å². The number of hydrogen-bond acceptors (Lipinski definition) is 5. The minimum atomic E-state index is -0.396. The van der Waals surface area contributed by atoms with Crippen LogP contribution >= 0.6 is 0 Å². The zero-order chi connectivity index (χ0) is 23.5. The lowest BCUT2D eigenvalue weighted by molar-refractivity contribution is 0.0485. The molecule has 0 aliphatic carbocycles. The topological polar surface area (TPSA) is 96.0 Å². The number of likely N-dealkylation sites (tertiary alicyclic amines) is 1. The Kier molecular flexibility index (Phi) is 6.44. The SMILES string of the molecule is CCOC(=O)N1CCC(N2C(=O)c3ccc(C(=O)Nc4cccc(CC)c4)cc3C2=O)CC1. The van der Waals surface area contributed by atoms with Gasteiger partial charge in [-0.05, 0) is 62.1 Å². The van der Waals surface area contributed by atoms with Crippen molar-refractivity contribution >= 4 is 29.5 Å². The normalized spacial score (nSPS) is 16.1. The van der Waals surface area contributed by atoms with Gasteiger partial charge in [-0.15, -0.1) is 0 Å². The molecule has 0 spiro atoms. The van der Waals surface area contributed by atoms with Crippen LogP contribution in [-0.4, -0.2) is 59.4 Å². The number of nitrogens with zero attached hydrogens (tertiary/aromatic N) is 2. The minimum absolute atomic E-state index is 0.239.